The molecule has 0 spiro atoms. The van der Waals surface area contributed by atoms with Gasteiger partial charge in [0.2, 0.25) is 11.8 Å². The molecule has 11 rings (SSSR count). The maximum absolute atomic E-state index is 14.2. The Hall–Kier alpha value is -8.50. The van der Waals surface area contributed by atoms with Crippen molar-refractivity contribution in [1.82, 2.24) is 34.7 Å². The zero-order valence-corrected chi connectivity index (χ0v) is 51.8. The molecule has 1 aliphatic carbocycles. The molecule has 4 N–H and O–H groups in total. The van der Waals surface area contributed by atoms with E-state index in [0.717, 1.165) is 80.3 Å². The number of carbonyl (C=O) groups is 5. The van der Waals surface area contributed by atoms with Gasteiger partial charge in [0, 0.05) is 105 Å². The predicted octanol–water partition coefficient (Wildman–Crippen LogP) is 8.82. The van der Waals surface area contributed by atoms with Gasteiger partial charge in [-0.2, -0.15) is 0 Å². The molecule has 90 heavy (non-hydrogen) atoms. The summed E-state index contributed by atoms with van der Waals surface area (Å²) in [6.07, 6.45) is 8.62. The van der Waals surface area contributed by atoms with E-state index in [4.69, 9.17) is 25.8 Å². The van der Waals surface area contributed by atoms with Gasteiger partial charge in [-0.25, -0.2) is 18.1 Å². The van der Waals surface area contributed by atoms with Gasteiger partial charge in [-0.15, -0.1) is 0 Å². The number of aromatic amines is 1. The van der Waals surface area contributed by atoms with E-state index in [9.17, 15) is 42.5 Å². The number of pyridine rings is 1. The third kappa shape index (κ3) is 14.9. The lowest BCUT2D eigenvalue weighted by Gasteiger charge is -2.39. The summed E-state index contributed by atoms with van der Waals surface area (Å²) in [5.41, 5.74) is 5.96. The number of nitrogens with zero attached hydrogens (tertiary/aromatic N) is 6. The quantitative estimate of drug-likeness (QED) is 0.0162. The first-order valence-corrected chi connectivity index (χ1v) is 32.2. The molecule has 24 heteroatoms. The number of aromatic nitrogens is 2. The van der Waals surface area contributed by atoms with Gasteiger partial charge in [0.05, 0.1) is 59.1 Å². The highest BCUT2D eigenvalue weighted by Crippen LogP contribution is 2.44. The summed E-state index contributed by atoms with van der Waals surface area (Å²) < 4.78 is 48.1. The Labute approximate surface area is 526 Å². The number of hydrogen-bond donors (Lipinski definition) is 4. The number of ether oxygens (including phenoxy) is 3. The largest absolute Gasteiger partial charge is 0.455 e. The average molecular weight is 1260 g/mol. The number of benzene rings is 4. The average Bonchev–Trinajstić information content (AvgIpc) is 1.77. The van der Waals surface area contributed by atoms with Crippen molar-refractivity contribution < 1.29 is 51.5 Å². The van der Waals surface area contributed by atoms with Crippen LogP contribution in [-0.2, 0) is 29.1 Å². The van der Waals surface area contributed by atoms with Crippen molar-refractivity contribution in [1.29, 1.82) is 0 Å². The summed E-state index contributed by atoms with van der Waals surface area (Å²) in [5, 5.41) is 19.4. The number of anilines is 2. The van der Waals surface area contributed by atoms with Crippen LogP contribution in [-0.4, -0.2) is 159 Å². The van der Waals surface area contributed by atoms with E-state index in [2.05, 4.69) is 77.8 Å². The lowest BCUT2D eigenvalue weighted by molar-refractivity contribution is -0.384. The minimum Gasteiger partial charge on any atom is -0.455 e. The number of carbonyl (C=O) groups excluding carboxylic acids is 5. The van der Waals surface area contributed by atoms with Crippen LogP contribution in [0.4, 0.5) is 17.1 Å². The van der Waals surface area contributed by atoms with Crippen molar-refractivity contribution in [3.8, 4) is 23.3 Å². The highest BCUT2D eigenvalue weighted by atomic mass is 35.5. The van der Waals surface area contributed by atoms with Gasteiger partial charge in [-0.05, 0) is 128 Å². The fourth-order valence-electron chi connectivity index (χ4n) is 12.4. The van der Waals surface area contributed by atoms with E-state index < -0.39 is 61.1 Å². The first-order valence-electron chi connectivity index (χ1n) is 30.4. The van der Waals surface area contributed by atoms with E-state index in [1.807, 2.05) is 18.2 Å². The van der Waals surface area contributed by atoms with Gasteiger partial charge in [0.15, 0.2) is 0 Å². The second kappa shape index (κ2) is 27.7. The fourth-order valence-corrected chi connectivity index (χ4v) is 13.5. The van der Waals surface area contributed by atoms with Crippen molar-refractivity contribution in [3.63, 3.8) is 0 Å². The van der Waals surface area contributed by atoms with Gasteiger partial charge < -0.3 is 34.3 Å². The molecule has 4 aromatic carbocycles. The van der Waals surface area contributed by atoms with Crippen LogP contribution < -0.4 is 25.0 Å². The number of H-pyrrole nitrogens is 1. The third-order valence-electron chi connectivity index (χ3n) is 17.2. The number of fused-ring (bicyclic) bond motifs is 2. The molecule has 6 aromatic rings. The normalized spacial score (nSPS) is 18.9. The molecule has 2 unspecified atom stereocenters. The standard InChI is InChI=1S/C66H71ClN10O12S/c1-66(2)23-21-47(54(38-66)44-11-13-48(67)14-12-44)42-74-26-28-75(29-27-74)49-15-17-52(58(36-49)89-50-35-46-22-24-68-61(46)70-40-50)62(79)72-90(85,86)51-16-18-55(57(37-51)77(83)84)69-39-43-7-6-25-73(41-43)30-32-88-34-33-87-31-4-3-8-45-9-5-10-53-60(45)65(82)76(64(53)81)56-19-20-59(78)71-63(56)80/h5,9-18,22,24,35-37,40,43,56,69H,4,6-7,19-21,23,25-34,38-39,41-42H2,1-2H3,(H,68,70)(H,72,79)(H,71,78,80). The summed E-state index contributed by atoms with van der Waals surface area (Å²) >= 11 is 6.27. The second-order valence-corrected chi connectivity index (χ2v) is 26.2. The Bertz CT molecular complexity index is 3970. The van der Waals surface area contributed by atoms with E-state index in [-0.39, 0.29) is 52.3 Å². The van der Waals surface area contributed by atoms with Crippen molar-refractivity contribution in [3.05, 3.63) is 152 Å². The Kier molecular flexibility index (Phi) is 19.4. The van der Waals surface area contributed by atoms with E-state index in [1.54, 1.807) is 36.5 Å². The Morgan fingerprint density at radius 2 is 1.69 bits per heavy atom. The van der Waals surface area contributed by atoms with Crippen LogP contribution in [0.2, 0.25) is 5.02 Å². The topological polar surface area (TPSA) is 268 Å². The van der Waals surface area contributed by atoms with Gasteiger partial charge in [0.25, 0.3) is 33.4 Å². The van der Waals surface area contributed by atoms with Crippen LogP contribution in [0, 0.1) is 33.3 Å². The number of piperazine rings is 1. The van der Waals surface area contributed by atoms with Gasteiger partial charge >= 0.3 is 0 Å². The number of halogens is 1. The fraction of sp³-hybridized carbons (Fsp3) is 0.394. The number of nitrogens with one attached hydrogen (secondary N) is 4. The first-order chi connectivity index (χ1) is 43.4. The lowest BCUT2D eigenvalue weighted by Crippen LogP contribution is -2.54. The molecule has 3 saturated heterocycles. The molecule has 2 aromatic heterocycles. The number of likely N-dealkylation sites (tertiary alicyclic amines) is 1. The molecule has 3 fully saturated rings. The number of sulfonamides is 1. The van der Waals surface area contributed by atoms with Crippen molar-refractivity contribution in [2.45, 2.75) is 76.2 Å². The van der Waals surface area contributed by atoms with E-state index in [0.29, 0.717) is 87.6 Å². The number of nitro benzene ring substituents is 1. The predicted molar refractivity (Wildman–Crippen MR) is 339 cm³/mol. The summed E-state index contributed by atoms with van der Waals surface area (Å²) in [7, 11) is -4.65. The minimum absolute atomic E-state index is 0.0285. The van der Waals surface area contributed by atoms with Crippen LogP contribution in [0.5, 0.6) is 11.5 Å². The minimum atomic E-state index is -4.65. The van der Waals surface area contributed by atoms with Crippen LogP contribution in [0.15, 0.2) is 114 Å². The Morgan fingerprint density at radius 1 is 0.889 bits per heavy atom. The Morgan fingerprint density at radius 3 is 2.48 bits per heavy atom. The summed E-state index contributed by atoms with van der Waals surface area (Å²) in [4.78, 5) is 91.5. The van der Waals surface area contributed by atoms with Crippen molar-refractivity contribution in [2.24, 2.45) is 11.3 Å². The number of imide groups is 2. The smallest absolute Gasteiger partial charge is 0.293 e. The zero-order chi connectivity index (χ0) is 63.1. The molecule has 5 aliphatic rings. The van der Waals surface area contributed by atoms with E-state index in [1.165, 1.54) is 47.2 Å². The maximum atomic E-state index is 14.2. The lowest BCUT2D eigenvalue weighted by atomic mass is 9.72. The highest BCUT2D eigenvalue weighted by molar-refractivity contribution is 7.90. The van der Waals surface area contributed by atoms with Crippen LogP contribution in [0.25, 0.3) is 16.6 Å². The van der Waals surface area contributed by atoms with E-state index >= 15 is 0 Å². The zero-order valence-electron chi connectivity index (χ0n) is 50.2. The molecule has 0 radical (unpaired) electrons. The molecule has 470 valence electrons. The molecule has 4 aliphatic heterocycles. The number of piperidine rings is 2. The summed E-state index contributed by atoms with van der Waals surface area (Å²) in [6, 6.07) is 24.0. The number of amides is 5. The van der Waals surface area contributed by atoms with Crippen LogP contribution >= 0.6 is 11.6 Å². The summed E-state index contributed by atoms with van der Waals surface area (Å²) in [6.45, 7) is 12.5. The van der Waals surface area contributed by atoms with Crippen molar-refractivity contribution >= 4 is 84.8 Å². The Balaban J connectivity index is 0.653. The molecule has 22 nitrogen and oxygen atoms in total. The second-order valence-electron chi connectivity index (χ2n) is 24.1. The molecule has 5 amide bonds. The first kappa shape index (κ1) is 63.1. The maximum Gasteiger partial charge on any atom is 0.293 e. The third-order valence-corrected chi connectivity index (χ3v) is 18.8. The highest BCUT2D eigenvalue weighted by Gasteiger charge is 2.45. The van der Waals surface area contributed by atoms with Crippen LogP contribution in [0.3, 0.4) is 0 Å². The monoisotopic (exact) mass is 1260 g/mol. The number of allylic oxidation sites excluding steroid dienone is 1. The number of nitro groups is 1. The molecular weight excluding hydrogens is 1190 g/mol. The summed E-state index contributed by atoms with van der Waals surface area (Å²) in [5.74, 6) is 3.19. The molecule has 0 saturated carbocycles. The molecule has 2 atom stereocenters. The van der Waals surface area contributed by atoms with Gasteiger partial charge in [0.1, 0.15) is 28.9 Å². The molecule has 6 heterocycles. The number of rotatable bonds is 22. The SMILES string of the molecule is CC1(C)CCC(CN2CCN(c3ccc(C(=O)NS(=O)(=O)c4ccc(NCC5CCCN(CCOCCOCCC#Cc6cccc7c6C(=O)N(C6CCC(=O)NC6=O)C7=O)C5)c([N+](=O)[O-])c4)c(Oc4cnc5[nH]ccc5c4)c3)CC2)=C(c2ccc(Cl)cc2)C1. The number of hydrogen-bond acceptors (Lipinski definition) is 17. The van der Waals surface area contributed by atoms with Gasteiger partial charge in [-0.3, -0.25) is 49.2 Å². The van der Waals surface area contributed by atoms with Crippen molar-refractivity contribution in [2.75, 3.05) is 95.5 Å². The van der Waals surface area contributed by atoms with Gasteiger partial charge in [-0.1, -0.05) is 61.1 Å². The molecular formula is C66H71ClN10O12S. The molecule has 0 bridgehead atoms. The van der Waals surface area contributed by atoms with Crippen LogP contribution in [0.1, 0.15) is 107 Å².